The van der Waals surface area contributed by atoms with E-state index in [9.17, 15) is 0 Å². The van der Waals surface area contributed by atoms with Crippen molar-refractivity contribution in [1.29, 1.82) is 0 Å². The average molecular weight is 480 g/mol. The minimum atomic E-state index is 0. The fourth-order valence-corrected chi connectivity index (χ4v) is 3.28. The van der Waals surface area contributed by atoms with Crippen molar-refractivity contribution in [2.24, 2.45) is 10.7 Å². The Morgan fingerprint density at radius 3 is 2.57 bits per heavy atom. The second-order valence-corrected chi connectivity index (χ2v) is 6.93. The smallest absolute Gasteiger partial charge is 0.188 e. The zero-order valence-electron chi connectivity index (χ0n) is 11.6. The van der Waals surface area contributed by atoms with Gasteiger partial charge < -0.3 is 11.1 Å². The Labute approximate surface area is 155 Å². The van der Waals surface area contributed by atoms with Gasteiger partial charge in [-0.2, -0.15) is 0 Å². The highest BCUT2D eigenvalue weighted by Crippen LogP contribution is 2.22. The number of nitrogens with one attached hydrogen (secondary N) is 1. The topological polar surface area (TPSA) is 50.4 Å². The van der Waals surface area contributed by atoms with E-state index in [1.807, 2.05) is 18.2 Å². The quantitative estimate of drug-likeness (QED) is 0.376. The molecule has 2 aromatic rings. The van der Waals surface area contributed by atoms with Crippen LogP contribution in [0.1, 0.15) is 10.4 Å². The van der Waals surface area contributed by atoms with Gasteiger partial charge in [-0.15, -0.1) is 35.3 Å². The lowest BCUT2D eigenvalue weighted by Gasteiger charge is -2.05. The summed E-state index contributed by atoms with van der Waals surface area (Å²) in [6.45, 7) is 1.53. The number of hydrogen-bond donors (Lipinski definition) is 2. The normalized spacial score (nSPS) is 11.0. The molecule has 0 spiro atoms. The van der Waals surface area contributed by atoms with Crippen LogP contribution in [0.4, 0.5) is 0 Å². The van der Waals surface area contributed by atoms with Gasteiger partial charge >= 0.3 is 0 Å². The Morgan fingerprint density at radius 2 is 1.90 bits per heavy atom. The Bertz CT molecular complexity index is 557. The predicted molar refractivity (Wildman–Crippen MR) is 106 cm³/mol. The summed E-state index contributed by atoms with van der Waals surface area (Å²) in [6.07, 6.45) is 1.88. The SMILES string of the molecule is I.NC(=NCCc1ccc(Br)s1)NCCc1ccccc1. The maximum Gasteiger partial charge on any atom is 0.188 e. The number of nitrogens with zero attached hydrogens (tertiary/aromatic N) is 1. The fourth-order valence-electron chi connectivity index (χ4n) is 1.81. The van der Waals surface area contributed by atoms with Gasteiger partial charge in [0.2, 0.25) is 0 Å². The zero-order valence-corrected chi connectivity index (χ0v) is 16.3. The molecule has 0 aliphatic rings. The number of thiophene rings is 1. The largest absolute Gasteiger partial charge is 0.370 e. The van der Waals surface area contributed by atoms with E-state index >= 15 is 0 Å². The number of hydrogen-bond acceptors (Lipinski definition) is 2. The standard InChI is InChI=1S/C15H18BrN3S.HI/c16-14-7-6-13(20-14)9-11-19-15(17)18-10-8-12-4-2-1-3-5-12;/h1-7H,8-11H2,(H3,17,18,19);1H. The second kappa shape index (κ2) is 10.2. The molecular formula is C15H19BrIN3S. The van der Waals surface area contributed by atoms with Gasteiger partial charge in [-0.1, -0.05) is 30.3 Å². The fraction of sp³-hybridized carbons (Fsp3) is 0.267. The van der Waals surface area contributed by atoms with Gasteiger partial charge in [-0.05, 0) is 40.0 Å². The molecular weight excluding hydrogens is 461 g/mol. The van der Waals surface area contributed by atoms with Crippen LogP contribution < -0.4 is 11.1 Å². The van der Waals surface area contributed by atoms with Crippen molar-refractivity contribution in [3.05, 3.63) is 56.7 Å². The van der Waals surface area contributed by atoms with Crippen LogP contribution in [0.15, 0.2) is 51.2 Å². The molecule has 0 bridgehead atoms. The summed E-state index contributed by atoms with van der Waals surface area (Å²) in [4.78, 5) is 5.65. The minimum Gasteiger partial charge on any atom is -0.370 e. The molecule has 6 heteroatoms. The van der Waals surface area contributed by atoms with Gasteiger partial charge in [0.25, 0.3) is 0 Å². The van der Waals surface area contributed by atoms with Crippen LogP contribution in [-0.2, 0) is 12.8 Å². The third-order valence-electron chi connectivity index (χ3n) is 2.83. The van der Waals surface area contributed by atoms with Crippen LogP contribution in [0.5, 0.6) is 0 Å². The van der Waals surface area contributed by atoms with Gasteiger partial charge in [0.15, 0.2) is 5.96 Å². The first-order valence-corrected chi connectivity index (χ1v) is 8.17. The summed E-state index contributed by atoms with van der Waals surface area (Å²) in [7, 11) is 0. The summed E-state index contributed by atoms with van der Waals surface area (Å²) in [5.41, 5.74) is 7.14. The van der Waals surface area contributed by atoms with E-state index in [-0.39, 0.29) is 24.0 Å². The summed E-state index contributed by atoms with van der Waals surface area (Å²) in [6, 6.07) is 14.5. The third kappa shape index (κ3) is 7.28. The van der Waals surface area contributed by atoms with Crippen LogP contribution in [0.3, 0.4) is 0 Å². The summed E-state index contributed by atoms with van der Waals surface area (Å²) < 4.78 is 1.16. The Hall–Kier alpha value is -0.600. The molecule has 2 rings (SSSR count). The van der Waals surface area contributed by atoms with Crippen molar-refractivity contribution >= 4 is 57.2 Å². The monoisotopic (exact) mass is 479 g/mol. The summed E-state index contributed by atoms with van der Waals surface area (Å²) in [5, 5.41) is 3.14. The van der Waals surface area contributed by atoms with E-state index < -0.39 is 0 Å². The molecule has 114 valence electrons. The van der Waals surface area contributed by atoms with E-state index in [0.29, 0.717) is 5.96 Å². The van der Waals surface area contributed by atoms with E-state index in [2.05, 4.69) is 50.5 Å². The number of nitrogens with two attached hydrogens (primary N) is 1. The van der Waals surface area contributed by atoms with Crippen molar-refractivity contribution in [2.75, 3.05) is 13.1 Å². The number of rotatable bonds is 6. The molecule has 0 saturated heterocycles. The molecule has 1 aromatic heterocycles. The minimum absolute atomic E-state index is 0. The van der Waals surface area contributed by atoms with Gasteiger partial charge in [-0.25, -0.2) is 0 Å². The van der Waals surface area contributed by atoms with Crippen molar-refractivity contribution in [2.45, 2.75) is 12.8 Å². The highest BCUT2D eigenvalue weighted by Gasteiger charge is 1.97. The lowest BCUT2D eigenvalue weighted by atomic mass is 10.1. The van der Waals surface area contributed by atoms with Crippen LogP contribution in [-0.4, -0.2) is 19.0 Å². The van der Waals surface area contributed by atoms with Crippen LogP contribution >= 0.6 is 51.2 Å². The molecule has 0 radical (unpaired) electrons. The van der Waals surface area contributed by atoms with Crippen LogP contribution in [0, 0.1) is 0 Å². The number of guanidine groups is 1. The number of aliphatic imine (C=N–C) groups is 1. The second-order valence-electron chi connectivity index (χ2n) is 4.39. The third-order valence-corrected chi connectivity index (χ3v) is 4.52. The first kappa shape index (κ1) is 18.4. The molecule has 0 fully saturated rings. The van der Waals surface area contributed by atoms with Crippen molar-refractivity contribution in [3.8, 4) is 0 Å². The highest BCUT2D eigenvalue weighted by atomic mass is 127. The molecule has 3 nitrogen and oxygen atoms in total. The molecule has 0 saturated carbocycles. The van der Waals surface area contributed by atoms with E-state index in [4.69, 9.17) is 5.73 Å². The van der Waals surface area contributed by atoms with Crippen molar-refractivity contribution < 1.29 is 0 Å². The van der Waals surface area contributed by atoms with Crippen LogP contribution in [0.25, 0.3) is 0 Å². The summed E-state index contributed by atoms with van der Waals surface area (Å²) >= 11 is 5.20. The van der Waals surface area contributed by atoms with Gasteiger partial charge in [-0.3, -0.25) is 4.99 Å². The number of halogens is 2. The number of benzene rings is 1. The van der Waals surface area contributed by atoms with Gasteiger partial charge in [0.05, 0.1) is 3.79 Å². The Kier molecular flexibility index (Phi) is 8.94. The van der Waals surface area contributed by atoms with E-state index in [0.717, 1.165) is 29.7 Å². The van der Waals surface area contributed by atoms with E-state index in [1.54, 1.807) is 11.3 Å². The van der Waals surface area contributed by atoms with Crippen LogP contribution in [0.2, 0.25) is 0 Å². The Morgan fingerprint density at radius 1 is 1.14 bits per heavy atom. The zero-order chi connectivity index (χ0) is 14.2. The van der Waals surface area contributed by atoms with Gasteiger partial charge in [0, 0.05) is 24.4 Å². The summed E-state index contributed by atoms with van der Waals surface area (Å²) in [5.74, 6) is 0.525. The maximum atomic E-state index is 5.84. The lowest BCUT2D eigenvalue weighted by Crippen LogP contribution is -2.33. The molecule has 3 N–H and O–H groups in total. The Balaban J connectivity index is 0.00000220. The molecule has 1 aromatic carbocycles. The van der Waals surface area contributed by atoms with Crippen molar-refractivity contribution in [3.63, 3.8) is 0 Å². The first-order valence-electron chi connectivity index (χ1n) is 6.56. The van der Waals surface area contributed by atoms with Gasteiger partial charge in [0.1, 0.15) is 0 Å². The highest BCUT2D eigenvalue weighted by molar-refractivity contribution is 14.0. The molecule has 0 aliphatic carbocycles. The average Bonchev–Trinajstić information content (AvgIpc) is 2.86. The predicted octanol–water partition coefficient (Wildman–Crippen LogP) is 3.82. The van der Waals surface area contributed by atoms with Crippen molar-refractivity contribution in [1.82, 2.24) is 5.32 Å². The maximum absolute atomic E-state index is 5.84. The van der Waals surface area contributed by atoms with E-state index in [1.165, 1.54) is 10.4 Å². The molecule has 0 unspecified atom stereocenters. The lowest BCUT2D eigenvalue weighted by molar-refractivity contribution is 0.845. The molecule has 21 heavy (non-hydrogen) atoms. The molecule has 0 amide bonds. The molecule has 0 aliphatic heterocycles. The molecule has 1 heterocycles. The first-order chi connectivity index (χ1) is 9.74. The molecule has 0 atom stereocenters.